The van der Waals surface area contributed by atoms with E-state index in [2.05, 4.69) is 32.5 Å². The Morgan fingerprint density at radius 3 is 2.62 bits per heavy atom. The Hall–Kier alpha value is 0.310. The first-order valence-corrected chi connectivity index (χ1v) is 6.43. The summed E-state index contributed by atoms with van der Waals surface area (Å²) in [5, 5.41) is 0. The largest absolute Gasteiger partial charge is 0.329 e. The zero-order valence-electron chi connectivity index (χ0n) is 9.18. The van der Waals surface area contributed by atoms with Crippen molar-refractivity contribution in [2.45, 2.75) is 44.8 Å². The third-order valence-electron chi connectivity index (χ3n) is 3.18. The molecule has 0 aromatic carbocycles. The van der Waals surface area contributed by atoms with Gasteiger partial charge in [-0.25, -0.2) is 0 Å². The predicted molar refractivity (Wildman–Crippen MR) is 62.1 cm³/mol. The summed E-state index contributed by atoms with van der Waals surface area (Å²) < 4.78 is 0.421. The second-order valence-corrected chi connectivity index (χ2v) is 6.20. The maximum atomic E-state index is 5.92. The van der Waals surface area contributed by atoms with Gasteiger partial charge in [0.15, 0.2) is 0 Å². The average molecular weight is 201 g/mol. The van der Waals surface area contributed by atoms with E-state index in [1.165, 1.54) is 25.0 Å². The van der Waals surface area contributed by atoms with E-state index in [1.807, 2.05) is 0 Å². The zero-order chi connectivity index (χ0) is 9.90. The minimum absolute atomic E-state index is 0.421. The second-order valence-electron chi connectivity index (χ2n) is 4.77. The van der Waals surface area contributed by atoms with E-state index in [0.29, 0.717) is 4.75 Å². The predicted octanol–water partition coefficient (Wildman–Crippen LogP) is 2.89. The van der Waals surface area contributed by atoms with Gasteiger partial charge in [0, 0.05) is 11.3 Å². The van der Waals surface area contributed by atoms with Gasteiger partial charge in [-0.05, 0) is 30.4 Å². The molecular formula is C11H23NS. The molecule has 0 spiro atoms. The van der Waals surface area contributed by atoms with Crippen LogP contribution in [-0.2, 0) is 0 Å². The Morgan fingerprint density at radius 1 is 1.54 bits per heavy atom. The molecule has 0 aromatic heterocycles. The maximum absolute atomic E-state index is 5.92. The minimum atomic E-state index is 0.421. The van der Waals surface area contributed by atoms with Crippen molar-refractivity contribution in [2.24, 2.45) is 17.6 Å². The summed E-state index contributed by atoms with van der Waals surface area (Å²) in [7, 11) is 0. The van der Waals surface area contributed by atoms with Gasteiger partial charge < -0.3 is 5.73 Å². The van der Waals surface area contributed by atoms with Crippen LogP contribution >= 0.6 is 11.8 Å². The monoisotopic (exact) mass is 201 g/mol. The molecule has 0 bridgehead atoms. The molecule has 1 aliphatic rings. The van der Waals surface area contributed by atoms with Crippen molar-refractivity contribution in [1.82, 2.24) is 0 Å². The van der Waals surface area contributed by atoms with Crippen molar-refractivity contribution in [3.05, 3.63) is 0 Å². The van der Waals surface area contributed by atoms with E-state index in [1.54, 1.807) is 0 Å². The summed E-state index contributed by atoms with van der Waals surface area (Å²) in [6.07, 6.45) is 4.09. The number of hydrogen-bond acceptors (Lipinski definition) is 2. The molecule has 1 saturated carbocycles. The molecule has 0 saturated heterocycles. The van der Waals surface area contributed by atoms with Gasteiger partial charge in [-0.15, -0.1) is 0 Å². The molecule has 2 heteroatoms. The first kappa shape index (κ1) is 11.4. The summed E-state index contributed by atoms with van der Waals surface area (Å²) in [5.74, 6) is 2.88. The summed E-state index contributed by atoms with van der Waals surface area (Å²) in [6, 6.07) is 0. The van der Waals surface area contributed by atoms with Crippen LogP contribution in [-0.4, -0.2) is 17.0 Å². The highest BCUT2D eigenvalue weighted by Crippen LogP contribution is 2.45. The third kappa shape index (κ3) is 2.63. The first-order valence-electron chi connectivity index (χ1n) is 5.45. The van der Waals surface area contributed by atoms with Gasteiger partial charge >= 0.3 is 0 Å². The number of rotatable bonds is 4. The smallest absolute Gasteiger partial charge is 0.0307 e. The van der Waals surface area contributed by atoms with Gasteiger partial charge in [0.2, 0.25) is 0 Å². The van der Waals surface area contributed by atoms with Crippen molar-refractivity contribution in [2.75, 3.05) is 12.3 Å². The Morgan fingerprint density at radius 2 is 2.23 bits per heavy atom. The van der Waals surface area contributed by atoms with Crippen molar-refractivity contribution in [1.29, 1.82) is 0 Å². The van der Waals surface area contributed by atoms with Crippen LogP contribution < -0.4 is 5.73 Å². The van der Waals surface area contributed by atoms with Crippen molar-refractivity contribution in [3.8, 4) is 0 Å². The standard InChI is InChI=1S/C11H23NS/c1-9(2)7-13-11(8-12)6-4-5-10(11)3/h9-10H,4-8,12H2,1-3H3. The average Bonchev–Trinajstić information content (AvgIpc) is 2.45. The molecule has 1 rings (SSSR count). The summed E-state index contributed by atoms with van der Waals surface area (Å²) in [4.78, 5) is 0. The Kier molecular flexibility index (Phi) is 4.11. The fraction of sp³-hybridized carbons (Fsp3) is 1.00. The van der Waals surface area contributed by atoms with Crippen LogP contribution in [0.1, 0.15) is 40.0 Å². The van der Waals surface area contributed by atoms with Crippen molar-refractivity contribution in [3.63, 3.8) is 0 Å². The Balaban J connectivity index is 2.49. The quantitative estimate of drug-likeness (QED) is 0.757. The van der Waals surface area contributed by atoms with Gasteiger partial charge in [-0.1, -0.05) is 27.2 Å². The summed E-state index contributed by atoms with van der Waals surface area (Å²) in [6.45, 7) is 7.81. The first-order chi connectivity index (χ1) is 6.10. The molecule has 0 radical (unpaired) electrons. The van der Waals surface area contributed by atoms with E-state index in [9.17, 15) is 0 Å². The minimum Gasteiger partial charge on any atom is -0.329 e. The van der Waals surface area contributed by atoms with Crippen LogP contribution in [0.25, 0.3) is 0 Å². The fourth-order valence-electron chi connectivity index (χ4n) is 2.13. The number of thioether (sulfide) groups is 1. The molecule has 13 heavy (non-hydrogen) atoms. The maximum Gasteiger partial charge on any atom is 0.0307 e. The highest BCUT2D eigenvalue weighted by Gasteiger charge is 2.39. The number of hydrogen-bond donors (Lipinski definition) is 1. The van der Waals surface area contributed by atoms with Crippen molar-refractivity contribution < 1.29 is 0 Å². The Labute approximate surface area is 86.8 Å². The molecule has 0 aliphatic heterocycles. The van der Waals surface area contributed by atoms with Crippen LogP contribution in [0, 0.1) is 11.8 Å². The lowest BCUT2D eigenvalue weighted by Crippen LogP contribution is -2.37. The van der Waals surface area contributed by atoms with E-state index >= 15 is 0 Å². The molecule has 1 nitrogen and oxygen atoms in total. The molecule has 0 amide bonds. The van der Waals surface area contributed by atoms with Gasteiger partial charge in [0.05, 0.1) is 0 Å². The molecule has 2 unspecified atom stereocenters. The van der Waals surface area contributed by atoms with Crippen molar-refractivity contribution >= 4 is 11.8 Å². The summed E-state index contributed by atoms with van der Waals surface area (Å²) in [5.41, 5.74) is 5.92. The topological polar surface area (TPSA) is 26.0 Å². The lowest BCUT2D eigenvalue weighted by atomic mass is 9.97. The SMILES string of the molecule is CC(C)CSC1(CN)CCCC1C. The van der Waals surface area contributed by atoms with Gasteiger partial charge in [0.25, 0.3) is 0 Å². The highest BCUT2D eigenvalue weighted by molar-refractivity contribution is 8.00. The molecular weight excluding hydrogens is 178 g/mol. The van der Waals surface area contributed by atoms with Crippen LogP contribution in [0.2, 0.25) is 0 Å². The Bertz CT molecular complexity index is 158. The fourth-order valence-corrected chi connectivity index (χ4v) is 3.60. The molecule has 1 aliphatic carbocycles. The third-order valence-corrected chi connectivity index (χ3v) is 5.37. The molecule has 1 fully saturated rings. The van der Waals surface area contributed by atoms with Crippen LogP contribution in [0.5, 0.6) is 0 Å². The van der Waals surface area contributed by atoms with Gasteiger partial charge in [-0.2, -0.15) is 11.8 Å². The van der Waals surface area contributed by atoms with Crippen LogP contribution in [0.15, 0.2) is 0 Å². The van der Waals surface area contributed by atoms with Crippen LogP contribution in [0.4, 0.5) is 0 Å². The molecule has 78 valence electrons. The van der Waals surface area contributed by atoms with Gasteiger partial charge in [0.1, 0.15) is 0 Å². The van der Waals surface area contributed by atoms with E-state index in [-0.39, 0.29) is 0 Å². The highest BCUT2D eigenvalue weighted by atomic mass is 32.2. The number of nitrogens with two attached hydrogens (primary N) is 1. The normalized spacial score (nSPS) is 34.4. The summed E-state index contributed by atoms with van der Waals surface area (Å²) >= 11 is 2.12. The van der Waals surface area contributed by atoms with Crippen LogP contribution in [0.3, 0.4) is 0 Å². The van der Waals surface area contributed by atoms with E-state index in [0.717, 1.165) is 18.4 Å². The van der Waals surface area contributed by atoms with Gasteiger partial charge in [-0.3, -0.25) is 0 Å². The van der Waals surface area contributed by atoms with E-state index in [4.69, 9.17) is 5.73 Å². The molecule has 0 aromatic rings. The lowest BCUT2D eigenvalue weighted by Gasteiger charge is -2.32. The molecule has 0 heterocycles. The van der Waals surface area contributed by atoms with E-state index < -0.39 is 0 Å². The molecule has 2 N–H and O–H groups in total. The molecule has 2 atom stereocenters. The zero-order valence-corrected chi connectivity index (χ0v) is 9.99. The second kappa shape index (κ2) is 4.70. The lowest BCUT2D eigenvalue weighted by molar-refractivity contribution is 0.474.